The number of para-hydroxylation sites is 1. The molecule has 0 N–H and O–H groups in total. The van der Waals surface area contributed by atoms with Gasteiger partial charge in [0.15, 0.2) is 11.6 Å². The molecule has 2 aromatic carbocycles. The molecule has 0 fully saturated rings. The summed E-state index contributed by atoms with van der Waals surface area (Å²) in [5.41, 5.74) is 2.82. The van der Waals surface area contributed by atoms with E-state index in [1.54, 1.807) is 13.0 Å². The highest BCUT2D eigenvalue weighted by Crippen LogP contribution is 2.40. The molecule has 1 aliphatic heterocycles. The second-order valence-corrected chi connectivity index (χ2v) is 6.91. The van der Waals surface area contributed by atoms with Crippen LogP contribution in [-0.4, -0.2) is 19.1 Å². The number of allylic oxidation sites excluding steroid dienone is 2. The number of benzene rings is 2. The molecule has 3 nitrogen and oxygen atoms in total. The number of nitrogens with zero attached hydrogens (tertiary/aromatic N) is 1. The average Bonchev–Trinajstić information content (AvgIpc) is 2.66. The molecular weight excluding hydrogens is 368 g/mol. The molecule has 6 heteroatoms. The highest BCUT2D eigenvalue weighted by atomic mass is 32.2. The van der Waals surface area contributed by atoms with Gasteiger partial charge in [-0.05, 0) is 30.7 Å². The lowest BCUT2D eigenvalue weighted by atomic mass is 10.0. The summed E-state index contributed by atoms with van der Waals surface area (Å²) in [5, 5.41) is 0.732. The Balaban J connectivity index is 1.88. The lowest BCUT2D eigenvalue weighted by molar-refractivity contribution is -0.141. The summed E-state index contributed by atoms with van der Waals surface area (Å²) in [7, 11) is 0. The van der Waals surface area contributed by atoms with Crippen molar-refractivity contribution in [1.29, 1.82) is 0 Å². The Labute approximate surface area is 161 Å². The van der Waals surface area contributed by atoms with E-state index in [9.17, 15) is 13.6 Å². The largest absolute Gasteiger partial charge is 0.465 e. The third-order valence-electron chi connectivity index (χ3n) is 4.10. The first-order valence-electron chi connectivity index (χ1n) is 8.50. The predicted molar refractivity (Wildman–Crippen MR) is 105 cm³/mol. The zero-order valence-corrected chi connectivity index (χ0v) is 15.7. The van der Waals surface area contributed by atoms with E-state index in [2.05, 4.69) is 6.58 Å². The standard InChI is InChI=1S/C21H19F2NO2S/c1-3-26-20(25)12-24-18-10-5-4-8-16(18)14(2)11-19(24)27-13-15-7-6-9-17(22)21(15)23/h4-11H,2-3,12-13H2,1H3. The van der Waals surface area contributed by atoms with E-state index in [1.807, 2.05) is 35.2 Å². The number of thioether (sulfide) groups is 1. The molecule has 0 spiro atoms. The smallest absolute Gasteiger partial charge is 0.325 e. The third-order valence-corrected chi connectivity index (χ3v) is 5.19. The van der Waals surface area contributed by atoms with Crippen LogP contribution in [0.25, 0.3) is 5.57 Å². The number of rotatable bonds is 6. The van der Waals surface area contributed by atoms with Gasteiger partial charge in [-0.2, -0.15) is 0 Å². The van der Waals surface area contributed by atoms with Crippen molar-refractivity contribution in [2.24, 2.45) is 0 Å². The number of carbonyl (C=O) groups is 1. The summed E-state index contributed by atoms with van der Waals surface area (Å²) in [5.74, 6) is -1.85. The maximum absolute atomic E-state index is 14.0. The van der Waals surface area contributed by atoms with Crippen LogP contribution in [0.5, 0.6) is 0 Å². The number of anilines is 1. The van der Waals surface area contributed by atoms with Gasteiger partial charge in [0.25, 0.3) is 0 Å². The van der Waals surface area contributed by atoms with Crippen molar-refractivity contribution in [1.82, 2.24) is 0 Å². The van der Waals surface area contributed by atoms with E-state index in [0.29, 0.717) is 6.61 Å². The van der Waals surface area contributed by atoms with Gasteiger partial charge >= 0.3 is 5.97 Å². The summed E-state index contributed by atoms with van der Waals surface area (Å²) < 4.78 is 32.5. The first kappa shape index (κ1) is 19.2. The van der Waals surface area contributed by atoms with Crippen molar-refractivity contribution in [3.05, 3.63) is 82.9 Å². The number of halogens is 2. The molecule has 0 saturated heterocycles. The fourth-order valence-electron chi connectivity index (χ4n) is 2.83. The van der Waals surface area contributed by atoms with E-state index < -0.39 is 11.6 Å². The zero-order valence-electron chi connectivity index (χ0n) is 14.9. The van der Waals surface area contributed by atoms with Crippen LogP contribution < -0.4 is 4.90 Å². The van der Waals surface area contributed by atoms with Crippen LogP contribution in [0.4, 0.5) is 14.5 Å². The molecule has 0 aromatic heterocycles. The van der Waals surface area contributed by atoms with Crippen LogP contribution in [0.1, 0.15) is 18.1 Å². The Hall–Kier alpha value is -2.60. The van der Waals surface area contributed by atoms with E-state index in [1.165, 1.54) is 17.8 Å². The Morgan fingerprint density at radius 1 is 1.19 bits per heavy atom. The molecule has 0 radical (unpaired) electrons. The van der Waals surface area contributed by atoms with Crippen molar-refractivity contribution < 1.29 is 18.3 Å². The van der Waals surface area contributed by atoms with E-state index >= 15 is 0 Å². The van der Waals surface area contributed by atoms with Crippen LogP contribution in [-0.2, 0) is 15.3 Å². The van der Waals surface area contributed by atoms with Crippen molar-refractivity contribution in [2.45, 2.75) is 12.7 Å². The molecular formula is C21H19F2NO2S. The van der Waals surface area contributed by atoms with Gasteiger partial charge in [0.05, 0.1) is 11.6 Å². The van der Waals surface area contributed by atoms with Gasteiger partial charge in [-0.15, -0.1) is 11.8 Å². The van der Waals surface area contributed by atoms with Crippen molar-refractivity contribution in [3.8, 4) is 0 Å². The van der Waals surface area contributed by atoms with E-state index in [4.69, 9.17) is 4.74 Å². The molecule has 1 aliphatic rings. The first-order valence-corrected chi connectivity index (χ1v) is 9.48. The van der Waals surface area contributed by atoms with Gasteiger partial charge < -0.3 is 9.64 Å². The summed E-state index contributed by atoms with van der Waals surface area (Å²) in [6, 6.07) is 11.7. The molecule has 0 aliphatic carbocycles. The molecule has 2 aromatic rings. The number of carbonyl (C=O) groups excluding carboxylic acids is 1. The fourth-order valence-corrected chi connectivity index (χ4v) is 3.90. The lowest BCUT2D eigenvalue weighted by Crippen LogP contribution is -2.31. The monoisotopic (exact) mass is 387 g/mol. The minimum Gasteiger partial charge on any atom is -0.465 e. The number of hydrogen-bond acceptors (Lipinski definition) is 4. The maximum atomic E-state index is 14.0. The SMILES string of the molecule is C=C1C=C(SCc2cccc(F)c2F)N(CC(=O)OCC)c2ccccc21. The third kappa shape index (κ3) is 4.22. The molecule has 0 saturated carbocycles. The fraction of sp³-hybridized carbons (Fsp3) is 0.190. The van der Waals surface area contributed by atoms with Crippen LogP contribution >= 0.6 is 11.8 Å². The Bertz CT molecular complexity index is 911. The molecule has 140 valence electrons. The second kappa shape index (κ2) is 8.39. The molecule has 27 heavy (non-hydrogen) atoms. The molecule has 0 amide bonds. The maximum Gasteiger partial charge on any atom is 0.325 e. The van der Waals surface area contributed by atoms with E-state index in [-0.39, 0.29) is 23.8 Å². The van der Waals surface area contributed by atoms with Gasteiger partial charge in [-0.25, -0.2) is 8.78 Å². The molecule has 3 rings (SSSR count). The average molecular weight is 387 g/mol. The highest BCUT2D eigenvalue weighted by molar-refractivity contribution is 8.02. The summed E-state index contributed by atoms with van der Waals surface area (Å²) in [4.78, 5) is 13.9. The van der Waals surface area contributed by atoms with Crippen molar-refractivity contribution in [2.75, 3.05) is 18.1 Å². The van der Waals surface area contributed by atoms with Gasteiger partial charge in [-0.1, -0.05) is 36.9 Å². The zero-order chi connectivity index (χ0) is 19.4. The highest BCUT2D eigenvalue weighted by Gasteiger charge is 2.25. The Morgan fingerprint density at radius 2 is 1.96 bits per heavy atom. The number of ether oxygens (including phenoxy) is 1. The Kier molecular flexibility index (Phi) is 5.96. The molecule has 1 heterocycles. The van der Waals surface area contributed by atoms with Crippen LogP contribution in [0, 0.1) is 11.6 Å². The molecule has 0 bridgehead atoms. The Morgan fingerprint density at radius 3 is 2.74 bits per heavy atom. The summed E-state index contributed by atoms with van der Waals surface area (Å²) >= 11 is 1.32. The first-order chi connectivity index (χ1) is 13.0. The van der Waals surface area contributed by atoms with Gasteiger partial charge in [0.1, 0.15) is 6.54 Å². The number of esters is 1. The van der Waals surface area contributed by atoms with Crippen LogP contribution in [0.3, 0.4) is 0 Å². The number of hydrogen-bond donors (Lipinski definition) is 0. The minimum atomic E-state index is -0.871. The van der Waals surface area contributed by atoms with Crippen molar-refractivity contribution in [3.63, 3.8) is 0 Å². The topological polar surface area (TPSA) is 29.5 Å². The normalized spacial score (nSPS) is 13.2. The van der Waals surface area contributed by atoms with Crippen molar-refractivity contribution >= 4 is 29.0 Å². The minimum absolute atomic E-state index is 0.0304. The number of fused-ring (bicyclic) bond motifs is 1. The quantitative estimate of drug-likeness (QED) is 0.642. The molecule has 0 unspecified atom stereocenters. The van der Waals surface area contributed by atoms with E-state index in [0.717, 1.165) is 27.9 Å². The lowest BCUT2D eigenvalue weighted by Gasteiger charge is -2.32. The summed E-state index contributed by atoms with van der Waals surface area (Å²) in [6.07, 6.45) is 1.85. The predicted octanol–water partition coefficient (Wildman–Crippen LogP) is 5.14. The molecule has 0 atom stereocenters. The van der Waals surface area contributed by atoms with Gasteiger partial charge in [0, 0.05) is 22.6 Å². The second-order valence-electron chi connectivity index (χ2n) is 5.92. The summed E-state index contributed by atoms with van der Waals surface area (Å²) in [6.45, 7) is 6.15. The van der Waals surface area contributed by atoms with Gasteiger partial charge in [-0.3, -0.25) is 4.79 Å². The van der Waals surface area contributed by atoms with Crippen LogP contribution in [0.15, 0.2) is 60.1 Å². The van der Waals surface area contributed by atoms with Crippen LogP contribution in [0.2, 0.25) is 0 Å². The van der Waals surface area contributed by atoms with Gasteiger partial charge in [0.2, 0.25) is 0 Å².